The Morgan fingerprint density at radius 3 is 2.36 bits per heavy atom. The molecule has 0 unspecified atom stereocenters. The number of piperazine rings is 1. The summed E-state index contributed by atoms with van der Waals surface area (Å²) in [6.45, 7) is 2.81. The minimum absolute atomic E-state index is 0.00969. The number of hydrogen-bond acceptors (Lipinski definition) is 4. The minimum Gasteiger partial charge on any atom is -0.367 e. The summed E-state index contributed by atoms with van der Waals surface area (Å²) in [6.07, 6.45) is 3.65. The fourth-order valence-electron chi connectivity index (χ4n) is 3.48. The van der Waals surface area contributed by atoms with Gasteiger partial charge in [0.05, 0.1) is 16.9 Å². The van der Waals surface area contributed by atoms with Gasteiger partial charge in [0.1, 0.15) is 5.69 Å². The lowest BCUT2D eigenvalue weighted by Gasteiger charge is -2.36. The number of imidazole rings is 1. The second kappa shape index (κ2) is 8.29. The van der Waals surface area contributed by atoms with Gasteiger partial charge in [0.15, 0.2) is 5.16 Å². The molecule has 4 rings (SSSR count). The Morgan fingerprint density at radius 2 is 1.68 bits per heavy atom. The number of thioether (sulfide) groups is 1. The fraction of sp³-hybridized carbons (Fsp3) is 0.238. The van der Waals surface area contributed by atoms with Crippen LogP contribution in [0.15, 0.2) is 66.0 Å². The van der Waals surface area contributed by atoms with Crippen molar-refractivity contribution in [3.8, 4) is 5.69 Å². The fourth-order valence-corrected chi connectivity index (χ4v) is 4.28. The van der Waals surface area contributed by atoms with Crippen molar-refractivity contribution in [1.29, 1.82) is 0 Å². The zero-order valence-corrected chi connectivity index (χ0v) is 17.2. The molecule has 2 aromatic carbocycles. The molecule has 1 aromatic heterocycles. The average Bonchev–Trinajstić information content (AvgIpc) is 3.18. The average molecular weight is 413 g/mol. The molecule has 5 nitrogen and oxygen atoms in total. The van der Waals surface area contributed by atoms with Gasteiger partial charge in [-0.25, -0.2) is 4.98 Å². The predicted octanol–water partition coefficient (Wildman–Crippen LogP) is 4.21. The monoisotopic (exact) mass is 412 g/mol. The lowest BCUT2D eigenvalue weighted by atomic mass is 10.2. The smallest absolute Gasteiger partial charge is 0.272 e. The molecule has 0 radical (unpaired) electrons. The van der Waals surface area contributed by atoms with Crippen LogP contribution in [0.4, 0.5) is 5.69 Å². The minimum atomic E-state index is 0.00969. The summed E-state index contributed by atoms with van der Waals surface area (Å²) in [5.74, 6) is 0.00969. The SMILES string of the molecule is CSc1ncc(C(=O)N2CCN(c3ccccc3Cl)CC2)n1-c1ccccc1. The summed E-state index contributed by atoms with van der Waals surface area (Å²) in [4.78, 5) is 21.8. The molecule has 1 saturated heterocycles. The number of aromatic nitrogens is 2. The molecular formula is C21H21ClN4OS. The van der Waals surface area contributed by atoms with Crippen LogP contribution in [0.25, 0.3) is 5.69 Å². The number of halogens is 1. The van der Waals surface area contributed by atoms with Gasteiger partial charge in [-0.05, 0) is 30.5 Å². The molecule has 1 fully saturated rings. The maximum Gasteiger partial charge on any atom is 0.272 e. The van der Waals surface area contributed by atoms with Gasteiger partial charge in [-0.15, -0.1) is 0 Å². The van der Waals surface area contributed by atoms with Crippen LogP contribution < -0.4 is 4.90 Å². The van der Waals surface area contributed by atoms with E-state index in [0.29, 0.717) is 18.8 Å². The van der Waals surface area contributed by atoms with Crippen molar-refractivity contribution in [2.45, 2.75) is 5.16 Å². The number of nitrogens with zero attached hydrogens (tertiary/aromatic N) is 4. The highest BCUT2D eigenvalue weighted by molar-refractivity contribution is 7.98. The zero-order chi connectivity index (χ0) is 19.5. The van der Waals surface area contributed by atoms with E-state index in [1.54, 1.807) is 6.20 Å². The van der Waals surface area contributed by atoms with Gasteiger partial charge < -0.3 is 9.80 Å². The summed E-state index contributed by atoms with van der Waals surface area (Å²) in [5, 5.41) is 1.55. The van der Waals surface area contributed by atoms with Gasteiger partial charge in [-0.1, -0.05) is 53.7 Å². The van der Waals surface area contributed by atoms with Crippen LogP contribution >= 0.6 is 23.4 Å². The van der Waals surface area contributed by atoms with E-state index in [4.69, 9.17) is 11.6 Å². The first-order valence-corrected chi connectivity index (χ1v) is 10.7. The largest absolute Gasteiger partial charge is 0.367 e. The number of rotatable bonds is 4. The van der Waals surface area contributed by atoms with E-state index in [1.807, 2.05) is 70.3 Å². The van der Waals surface area contributed by atoms with Gasteiger partial charge in [-0.3, -0.25) is 9.36 Å². The highest BCUT2D eigenvalue weighted by Crippen LogP contribution is 2.27. The normalized spacial score (nSPS) is 14.4. The molecule has 7 heteroatoms. The molecule has 1 aliphatic rings. The van der Waals surface area contributed by atoms with Gasteiger partial charge >= 0.3 is 0 Å². The van der Waals surface area contributed by atoms with Crippen molar-refractivity contribution < 1.29 is 4.79 Å². The van der Waals surface area contributed by atoms with Crippen LogP contribution in [0.5, 0.6) is 0 Å². The lowest BCUT2D eigenvalue weighted by Crippen LogP contribution is -2.49. The number of benzene rings is 2. The second-order valence-electron chi connectivity index (χ2n) is 6.53. The van der Waals surface area contributed by atoms with Crippen LogP contribution in [-0.2, 0) is 0 Å². The number of anilines is 1. The first-order valence-electron chi connectivity index (χ1n) is 9.15. The van der Waals surface area contributed by atoms with Crippen molar-refractivity contribution in [2.75, 3.05) is 37.3 Å². The summed E-state index contributed by atoms with van der Waals surface area (Å²) in [5.41, 5.74) is 2.57. The Bertz CT molecular complexity index is 968. The highest BCUT2D eigenvalue weighted by Gasteiger charge is 2.26. The van der Waals surface area contributed by atoms with Crippen molar-refractivity contribution in [3.63, 3.8) is 0 Å². The van der Waals surface area contributed by atoms with Crippen molar-refractivity contribution in [1.82, 2.24) is 14.5 Å². The van der Waals surface area contributed by atoms with E-state index in [1.165, 1.54) is 11.8 Å². The van der Waals surface area contributed by atoms with E-state index >= 15 is 0 Å². The Labute approximate surface area is 173 Å². The van der Waals surface area contributed by atoms with Crippen LogP contribution in [0.1, 0.15) is 10.5 Å². The quantitative estimate of drug-likeness (QED) is 0.602. The van der Waals surface area contributed by atoms with Crippen molar-refractivity contribution in [3.05, 3.63) is 71.5 Å². The third-order valence-corrected chi connectivity index (χ3v) is 5.88. The predicted molar refractivity (Wildman–Crippen MR) is 115 cm³/mol. The van der Waals surface area contributed by atoms with Gasteiger partial charge in [0.2, 0.25) is 0 Å². The topological polar surface area (TPSA) is 41.4 Å². The molecule has 28 heavy (non-hydrogen) atoms. The molecule has 0 bridgehead atoms. The van der Waals surface area contributed by atoms with Gasteiger partial charge in [0.25, 0.3) is 5.91 Å². The molecule has 144 valence electrons. The summed E-state index contributed by atoms with van der Waals surface area (Å²) >= 11 is 7.86. The maximum absolute atomic E-state index is 13.2. The maximum atomic E-state index is 13.2. The van der Waals surface area contributed by atoms with E-state index in [0.717, 1.165) is 34.6 Å². The third-order valence-electron chi connectivity index (χ3n) is 4.91. The zero-order valence-electron chi connectivity index (χ0n) is 15.6. The van der Waals surface area contributed by atoms with Gasteiger partial charge in [0, 0.05) is 31.9 Å². The number of carbonyl (C=O) groups excluding carboxylic acids is 1. The Morgan fingerprint density at radius 1 is 1.00 bits per heavy atom. The van der Waals surface area contributed by atoms with Crippen LogP contribution in [0.2, 0.25) is 5.02 Å². The molecule has 0 atom stereocenters. The molecule has 0 spiro atoms. The first-order chi connectivity index (χ1) is 13.7. The Balaban J connectivity index is 1.54. The lowest BCUT2D eigenvalue weighted by molar-refractivity contribution is 0.0738. The van der Waals surface area contributed by atoms with Crippen molar-refractivity contribution >= 4 is 35.0 Å². The van der Waals surface area contributed by atoms with E-state index in [9.17, 15) is 4.79 Å². The van der Waals surface area contributed by atoms with E-state index < -0.39 is 0 Å². The van der Waals surface area contributed by atoms with Crippen LogP contribution in [-0.4, -0.2) is 52.8 Å². The first kappa shape index (κ1) is 18.9. The highest BCUT2D eigenvalue weighted by atomic mass is 35.5. The molecule has 1 aliphatic heterocycles. The summed E-state index contributed by atoms with van der Waals surface area (Å²) in [6, 6.07) is 17.7. The standard InChI is InChI=1S/C21H21ClN4OS/c1-28-21-23-15-19(26(21)16-7-3-2-4-8-16)20(27)25-13-11-24(12-14-25)18-10-6-5-9-17(18)22/h2-10,15H,11-14H2,1H3. The van der Waals surface area contributed by atoms with Gasteiger partial charge in [-0.2, -0.15) is 0 Å². The summed E-state index contributed by atoms with van der Waals surface area (Å²) < 4.78 is 1.94. The van der Waals surface area contributed by atoms with Crippen molar-refractivity contribution in [2.24, 2.45) is 0 Å². The van der Waals surface area contributed by atoms with E-state index in [-0.39, 0.29) is 5.91 Å². The molecule has 3 aromatic rings. The number of amides is 1. The Kier molecular flexibility index (Phi) is 5.59. The molecule has 1 amide bonds. The number of carbonyl (C=O) groups is 1. The third kappa shape index (κ3) is 3.62. The molecule has 0 N–H and O–H groups in total. The van der Waals surface area contributed by atoms with Crippen LogP contribution in [0, 0.1) is 0 Å². The number of hydrogen-bond donors (Lipinski definition) is 0. The Hall–Kier alpha value is -2.44. The molecule has 0 aliphatic carbocycles. The van der Waals surface area contributed by atoms with Crippen LogP contribution in [0.3, 0.4) is 0 Å². The summed E-state index contributed by atoms with van der Waals surface area (Å²) in [7, 11) is 0. The molecule has 2 heterocycles. The second-order valence-corrected chi connectivity index (χ2v) is 7.71. The molecule has 0 saturated carbocycles. The molecular weight excluding hydrogens is 392 g/mol. The number of para-hydroxylation sites is 2. The van der Waals surface area contributed by atoms with E-state index in [2.05, 4.69) is 9.88 Å².